The molecule has 664 valence electrons. The summed E-state index contributed by atoms with van der Waals surface area (Å²) >= 11 is 0. The molecule has 0 heterocycles. The van der Waals surface area contributed by atoms with Crippen molar-refractivity contribution < 1.29 is 1.37 Å². The van der Waals surface area contributed by atoms with Gasteiger partial charge in [0.25, 0.3) is 0 Å². The zero-order valence-corrected chi connectivity index (χ0v) is 79.5. The number of benzene rings is 24. The molecule has 0 aromatic heterocycles. The van der Waals surface area contributed by atoms with Gasteiger partial charge in [-0.3, -0.25) is 0 Å². The third-order valence-corrected chi connectivity index (χ3v) is 31.2. The first kappa shape index (κ1) is 83.0. The molecule has 0 N–H and O–H groups in total. The van der Waals surface area contributed by atoms with Crippen LogP contribution in [0.15, 0.2) is 455 Å². The van der Waals surface area contributed by atoms with Gasteiger partial charge in [-0.15, -0.1) is 0 Å². The first-order valence-electron chi connectivity index (χ1n) is 50.6. The fourth-order valence-electron chi connectivity index (χ4n) is 24.3. The Hall–Kier alpha value is -16.4. The van der Waals surface area contributed by atoms with Crippen molar-refractivity contribution in [2.24, 2.45) is 0 Å². The maximum Gasteiger partial charge on any atom is 0.0352 e. The van der Waals surface area contributed by atoms with Crippen molar-refractivity contribution in [3.8, 4) is 134 Å². The standard InChI is InChI=1S/C50H34.C47H36.C43H34/c1-32-22-24-33(25-23-32)34-10-6-12-37(28-34)39-18-8-20-45-46-21-9-19-40(50(46)31-49(39)45)38-13-7-11-35(29-38)36-26-27-47-43-16-3-2-14-41(43)42-15-4-5-17-44(42)48(47)30-36;1-47(2,3)34-24-21-30(22-25-34)35-17-9-19-41-42-20-10-18-36(46(42)29-45(35)41)33-12-8-11-31(27-33)32-23-26-43-39-15-5-4-13-37(39)38-14-6-7-16-40(38)44(43)28-32;1-2-11-28(12-3-1)32-19-9-21-38-39-22-10-20-33(43(39)27-42(32)38)31-14-8-13-29(25-31)30-23-24-40-36-17-5-4-15-34(36)35-16-6-7-18-37(35)41(40)26-30/h2-30H,31H2,1H3;4-28H,29H2,1-3H3;4-10,13-26,28H,1-3,11-12,27H2/i;;28D. The van der Waals surface area contributed by atoms with Gasteiger partial charge in [0.05, 0.1) is 0 Å². The van der Waals surface area contributed by atoms with Gasteiger partial charge in [-0.2, -0.15) is 0 Å². The van der Waals surface area contributed by atoms with Gasteiger partial charge in [-0.25, -0.2) is 0 Å². The van der Waals surface area contributed by atoms with Crippen LogP contribution in [-0.2, 0) is 24.7 Å². The van der Waals surface area contributed by atoms with Crippen LogP contribution >= 0.6 is 0 Å². The van der Waals surface area contributed by atoms with Gasteiger partial charge >= 0.3 is 0 Å². The third-order valence-electron chi connectivity index (χ3n) is 31.2. The van der Waals surface area contributed by atoms with Gasteiger partial charge in [0.15, 0.2) is 0 Å². The smallest absolute Gasteiger partial charge is 0.0352 e. The Morgan fingerprint density at radius 3 is 0.707 bits per heavy atom. The van der Waals surface area contributed by atoms with E-state index in [0.717, 1.165) is 32.1 Å². The summed E-state index contributed by atoms with van der Waals surface area (Å²) in [7, 11) is 0. The Labute approximate surface area is 821 Å². The predicted octanol–water partition coefficient (Wildman–Crippen LogP) is 38.8. The highest BCUT2D eigenvalue weighted by Crippen LogP contribution is 2.53. The lowest BCUT2D eigenvalue weighted by Crippen LogP contribution is -2.10. The highest BCUT2D eigenvalue weighted by molar-refractivity contribution is 6.28. The molecule has 0 radical (unpaired) electrons. The predicted molar refractivity (Wildman–Crippen MR) is 600 cm³/mol. The van der Waals surface area contributed by atoms with E-state index in [4.69, 9.17) is 0 Å². The van der Waals surface area contributed by atoms with E-state index in [1.807, 2.05) is 0 Å². The molecule has 0 nitrogen and oxygen atoms in total. The maximum atomic E-state index is 9.43. The van der Waals surface area contributed by atoms with Crippen molar-refractivity contribution in [3.05, 3.63) is 505 Å². The van der Waals surface area contributed by atoms with Crippen LogP contribution < -0.4 is 0 Å². The topological polar surface area (TPSA) is 0 Å². The van der Waals surface area contributed by atoms with Crippen LogP contribution in [0.4, 0.5) is 0 Å². The Morgan fingerprint density at radius 1 is 0.179 bits per heavy atom. The first-order chi connectivity index (χ1) is 69.3. The molecule has 4 aliphatic carbocycles. The Morgan fingerprint density at radius 2 is 0.400 bits per heavy atom. The Kier molecular flexibility index (Phi) is 20.6. The largest absolute Gasteiger partial charge is 0.0616 e. The molecule has 1 saturated carbocycles. The fraction of sp³-hybridized carbons (Fsp3) is 0.100. The summed E-state index contributed by atoms with van der Waals surface area (Å²) in [6.07, 6.45) is 8.33. The van der Waals surface area contributed by atoms with Gasteiger partial charge in [0.1, 0.15) is 0 Å². The number of aryl methyl sites for hydroxylation is 1. The average molecular weight is 1790 g/mol. The number of hydrogen-bond acceptors (Lipinski definition) is 0. The zero-order chi connectivity index (χ0) is 94.1. The van der Waals surface area contributed by atoms with E-state index in [1.165, 1.54) is 300 Å². The lowest BCUT2D eigenvalue weighted by molar-refractivity contribution is 0.442. The molecule has 0 heteroatoms. The zero-order valence-electron chi connectivity index (χ0n) is 80.5. The van der Waals surface area contributed by atoms with Crippen LogP contribution in [0.2, 0.25) is 0 Å². The second-order valence-corrected chi connectivity index (χ2v) is 40.3. The fourth-order valence-corrected chi connectivity index (χ4v) is 24.3. The average Bonchev–Trinajstić information content (AvgIpc) is 1.29. The van der Waals surface area contributed by atoms with Crippen LogP contribution in [0.1, 0.15) is 110 Å². The molecule has 1 fully saturated rings. The number of hydrogen-bond donors (Lipinski definition) is 0. The molecule has 0 unspecified atom stereocenters. The van der Waals surface area contributed by atoms with E-state index in [1.54, 1.807) is 0 Å². The van der Waals surface area contributed by atoms with Crippen LogP contribution in [0, 0.1) is 6.92 Å². The van der Waals surface area contributed by atoms with Crippen molar-refractivity contribution in [1.29, 1.82) is 0 Å². The van der Waals surface area contributed by atoms with E-state index >= 15 is 0 Å². The molecule has 0 atom stereocenters. The molecule has 24 aromatic rings. The Balaban J connectivity index is 0.000000109. The molecule has 28 rings (SSSR count). The minimum atomic E-state index is -0.447. The highest BCUT2D eigenvalue weighted by atomic mass is 14.4. The van der Waals surface area contributed by atoms with E-state index in [-0.39, 0.29) is 5.41 Å². The van der Waals surface area contributed by atoms with E-state index in [2.05, 4.69) is 483 Å². The summed E-state index contributed by atoms with van der Waals surface area (Å²) < 4.78 is 9.43. The number of rotatable bonds is 10. The highest BCUT2D eigenvalue weighted by Gasteiger charge is 2.31. The van der Waals surface area contributed by atoms with E-state index in [0.29, 0.717) is 0 Å². The first-order valence-corrected chi connectivity index (χ1v) is 50.1. The van der Waals surface area contributed by atoms with Gasteiger partial charge in [0.2, 0.25) is 0 Å². The lowest BCUT2D eigenvalue weighted by atomic mass is 9.81. The molecule has 0 aliphatic heterocycles. The second-order valence-electron chi connectivity index (χ2n) is 40.3. The summed E-state index contributed by atoms with van der Waals surface area (Å²) in [5.41, 5.74) is 43.6. The molecule has 140 heavy (non-hydrogen) atoms. The van der Waals surface area contributed by atoms with E-state index in [9.17, 15) is 1.37 Å². The normalized spacial score (nSPS) is 13.4. The second kappa shape index (κ2) is 34.7. The summed E-state index contributed by atoms with van der Waals surface area (Å²) in [6, 6.07) is 169. The lowest BCUT2D eigenvalue weighted by Gasteiger charge is -2.24. The van der Waals surface area contributed by atoms with Gasteiger partial charge in [-0.05, 0) is 368 Å². The summed E-state index contributed by atoms with van der Waals surface area (Å²) in [4.78, 5) is 0. The molecular weight excluding hydrogens is 1680 g/mol. The molecule has 0 spiro atoms. The molecule has 4 aliphatic rings. The monoisotopic (exact) mass is 1790 g/mol. The summed E-state index contributed by atoms with van der Waals surface area (Å²) in [6.45, 7) is 8.97. The molecule has 0 amide bonds. The molecule has 0 bridgehead atoms. The van der Waals surface area contributed by atoms with Crippen molar-refractivity contribution >= 4 is 97.0 Å². The van der Waals surface area contributed by atoms with Gasteiger partial charge in [0, 0.05) is 1.37 Å². The van der Waals surface area contributed by atoms with Crippen molar-refractivity contribution in [2.45, 2.75) is 90.4 Å². The molecule has 0 saturated heterocycles. The van der Waals surface area contributed by atoms with Crippen molar-refractivity contribution in [1.82, 2.24) is 0 Å². The quantitative estimate of drug-likeness (QED) is 0.120. The minimum absolute atomic E-state index is 0.145. The minimum Gasteiger partial charge on any atom is -0.0616 e. The maximum absolute atomic E-state index is 9.43. The summed E-state index contributed by atoms with van der Waals surface area (Å²) in [5, 5.41) is 23.5. The molecule has 24 aromatic carbocycles. The molecular formula is C140H104. The number of fused-ring (bicyclic) bond motifs is 27. The van der Waals surface area contributed by atoms with Crippen molar-refractivity contribution in [2.75, 3.05) is 0 Å². The van der Waals surface area contributed by atoms with Crippen LogP contribution in [-0.4, -0.2) is 0 Å². The van der Waals surface area contributed by atoms with E-state index < -0.39 is 5.89 Å². The van der Waals surface area contributed by atoms with Gasteiger partial charge in [-0.1, -0.05) is 458 Å². The summed E-state index contributed by atoms with van der Waals surface area (Å²) in [5.74, 6) is -0.447. The van der Waals surface area contributed by atoms with Crippen molar-refractivity contribution in [3.63, 3.8) is 0 Å². The van der Waals surface area contributed by atoms with Crippen LogP contribution in [0.5, 0.6) is 0 Å². The third kappa shape index (κ3) is 14.7. The SMILES string of the molecule is CC(C)(C)c1ccc(-c2cccc3c2Cc2c(-c4cccc(-c5ccc6c7ccccc7c7ccccc7c6c5)c4)cccc2-3)cc1.Cc1ccc(-c2cccc(-c3cccc4c3Cc3c(-c5cccc(-c6ccc7c8ccccc8c8ccccc8c7c6)c5)cccc3-4)c2)cc1.[2H]C1(c2cccc3c2Cc2c(-c4cccc(-c5ccc6c7ccccc7c7ccccc7c6c5)c4)cccc2-3)CCCCC1. The van der Waals surface area contributed by atoms with Crippen LogP contribution in [0.3, 0.4) is 0 Å². The Bertz CT molecular complexity index is 9120. The van der Waals surface area contributed by atoms with Gasteiger partial charge < -0.3 is 0 Å². The van der Waals surface area contributed by atoms with Crippen LogP contribution in [0.25, 0.3) is 230 Å².